The Bertz CT molecular complexity index is 908. The van der Waals surface area contributed by atoms with Gasteiger partial charge in [0.05, 0.1) is 13.2 Å². The van der Waals surface area contributed by atoms with E-state index < -0.39 is 0 Å². The zero-order valence-corrected chi connectivity index (χ0v) is 22.9. The minimum atomic E-state index is 0.732. The molecule has 0 aliphatic heterocycles. The van der Waals surface area contributed by atoms with Gasteiger partial charge in [0.15, 0.2) is 0 Å². The summed E-state index contributed by atoms with van der Waals surface area (Å²) >= 11 is 0. The van der Waals surface area contributed by atoms with Crippen LogP contribution in [0.4, 0.5) is 0 Å². The molecule has 2 rings (SSSR count). The highest BCUT2D eigenvalue weighted by molar-refractivity contribution is 5.76. The molecule has 0 aliphatic carbocycles. The van der Waals surface area contributed by atoms with Gasteiger partial charge in [-0.2, -0.15) is 0 Å². The average molecular weight is 489 g/mol. The van der Waals surface area contributed by atoms with E-state index in [1.165, 1.54) is 64.2 Å². The molecule has 2 aromatic rings. The van der Waals surface area contributed by atoms with Gasteiger partial charge in [-0.25, -0.2) is 0 Å². The Labute approximate surface area is 221 Å². The Balaban J connectivity index is 2.09. The molecule has 2 nitrogen and oxygen atoms in total. The molecule has 2 heteroatoms. The highest BCUT2D eigenvalue weighted by Gasteiger charge is 2.10. The van der Waals surface area contributed by atoms with Crippen LogP contribution in [0.2, 0.25) is 0 Å². The van der Waals surface area contributed by atoms with Crippen molar-refractivity contribution in [2.24, 2.45) is 0 Å². The molecule has 0 saturated heterocycles. The van der Waals surface area contributed by atoms with Crippen LogP contribution in [0.3, 0.4) is 0 Å². The molecular formula is C34H48O2. The lowest BCUT2D eigenvalue weighted by molar-refractivity contribution is 0.295. The number of unbranched alkanes of at least 4 members (excludes halogenated alkanes) is 10. The van der Waals surface area contributed by atoms with Crippen molar-refractivity contribution in [1.82, 2.24) is 0 Å². The van der Waals surface area contributed by atoms with Crippen LogP contribution in [0.1, 0.15) is 113 Å². The smallest absolute Gasteiger partial charge is 0.127 e. The minimum absolute atomic E-state index is 0.732. The van der Waals surface area contributed by atoms with Crippen LogP contribution in [-0.4, -0.2) is 13.2 Å². The first-order valence-electron chi connectivity index (χ1n) is 14.2. The first kappa shape index (κ1) is 29.5. The van der Waals surface area contributed by atoms with Crippen LogP contribution in [0.5, 0.6) is 11.5 Å². The summed E-state index contributed by atoms with van der Waals surface area (Å²) in [4.78, 5) is 0. The summed E-state index contributed by atoms with van der Waals surface area (Å²) in [6.07, 6.45) is 23.0. The molecule has 0 N–H and O–H groups in total. The van der Waals surface area contributed by atoms with Crippen LogP contribution in [0.25, 0.3) is 24.3 Å². The molecule has 36 heavy (non-hydrogen) atoms. The van der Waals surface area contributed by atoms with Crippen molar-refractivity contribution in [2.75, 3.05) is 13.2 Å². The summed E-state index contributed by atoms with van der Waals surface area (Å²) in [5.41, 5.74) is 4.30. The van der Waals surface area contributed by atoms with Gasteiger partial charge >= 0.3 is 0 Å². The Kier molecular flexibility index (Phi) is 15.2. The third-order valence-corrected chi connectivity index (χ3v) is 6.50. The molecule has 0 bridgehead atoms. The molecule has 0 unspecified atom stereocenters. The molecule has 0 fully saturated rings. The van der Waals surface area contributed by atoms with Crippen molar-refractivity contribution >= 4 is 24.3 Å². The van der Waals surface area contributed by atoms with Gasteiger partial charge in [0, 0.05) is 11.1 Å². The molecule has 0 aliphatic rings. The van der Waals surface area contributed by atoms with Crippen LogP contribution in [-0.2, 0) is 0 Å². The minimum Gasteiger partial charge on any atom is -0.493 e. The van der Waals surface area contributed by atoms with Gasteiger partial charge < -0.3 is 9.47 Å². The molecule has 196 valence electrons. The molecule has 0 atom stereocenters. The predicted molar refractivity (Wildman–Crippen MR) is 160 cm³/mol. The predicted octanol–water partition coefficient (Wildman–Crippen LogP) is 10.6. The Morgan fingerprint density at radius 1 is 0.556 bits per heavy atom. The van der Waals surface area contributed by atoms with E-state index in [0.29, 0.717) is 0 Å². The van der Waals surface area contributed by atoms with Crippen molar-refractivity contribution in [3.8, 4) is 11.5 Å². The van der Waals surface area contributed by atoms with Crippen LogP contribution in [0, 0.1) is 0 Å². The summed E-state index contributed by atoms with van der Waals surface area (Å²) in [6, 6.07) is 12.6. The lowest BCUT2D eigenvalue weighted by Gasteiger charge is -2.15. The first-order chi connectivity index (χ1) is 17.7. The summed E-state index contributed by atoms with van der Waals surface area (Å²) < 4.78 is 12.5. The van der Waals surface area contributed by atoms with E-state index in [-0.39, 0.29) is 0 Å². The highest BCUT2D eigenvalue weighted by Crippen LogP contribution is 2.32. The van der Waals surface area contributed by atoms with Gasteiger partial charge in [-0.05, 0) is 36.1 Å². The molecule has 2 aromatic carbocycles. The lowest BCUT2D eigenvalue weighted by Crippen LogP contribution is -2.03. The van der Waals surface area contributed by atoms with E-state index in [1.807, 2.05) is 12.2 Å². The van der Waals surface area contributed by atoms with Crippen molar-refractivity contribution < 1.29 is 9.47 Å². The Morgan fingerprint density at radius 3 is 1.56 bits per heavy atom. The topological polar surface area (TPSA) is 18.5 Å². The monoisotopic (exact) mass is 488 g/mol. The highest BCUT2D eigenvalue weighted by atomic mass is 16.5. The van der Waals surface area contributed by atoms with Crippen molar-refractivity contribution in [1.29, 1.82) is 0 Å². The fraction of sp³-hybridized carbons (Fsp3) is 0.471. The normalized spacial score (nSPS) is 11.1. The number of benzene rings is 2. The number of ether oxygens (including phenoxy) is 2. The second-order valence-corrected chi connectivity index (χ2v) is 9.57. The van der Waals surface area contributed by atoms with Gasteiger partial charge in [0.2, 0.25) is 0 Å². The molecular weight excluding hydrogens is 440 g/mol. The maximum atomic E-state index is 6.28. The van der Waals surface area contributed by atoms with Crippen molar-refractivity contribution in [3.63, 3.8) is 0 Å². The number of hydrogen-bond acceptors (Lipinski definition) is 2. The van der Waals surface area contributed by atoms with E-state index in [4.69, 9.17) is 9.47 Å². The SMILES string of the molecule is C=Cc1ccc(/C=C/c2cc(OCCCCCCCC)c(C=C)cc2OCCCCCCCC)cc1. The number of rotatable bonds is 20. The summed E-state index contributed by atoms with van der Waals surface area (Å²) in [5.74, 6) is 1.77. The quantitative estimate of drug-likeness (QED) is 0.136. The Morgan fingerprint density at radius 2 is 1.03 bits per heavy atom. The molecule has 0 radical (unpaired) electrons. The van der Waals surface area contributed by atoms with Crippen LogP contribution >= 0.6 is 0 Å². The standard InChI is InChI=1S/C34H48O2/c1-5-9-11-13-15-17-25-35-33-28-32(24-23-30-21-19-29(7-3)20-22-30)34(27-31(33)8-4)36-26-18-16-14-12-10-6-2/h7-8,19-24,27-28H,3-6,9-18,25-26H2,1-2H3/b24-23+. The molecule has 0 spiro atoms. The van der Waals surface area contributed by atoms with E-state index in [1.54, 1.807) is 0 Å². The fourth-order valence-corrected chi connectivity index (χ4v) is 4.19. The Hall–Kier alpha value is -2.74. The zero-order valence-electron chi connectivity index (χ0n) is 22.9. The molecule has 0 aromatic heterocycles. The fourth-order valence-electron chi connectivity index (χ4n) is 4.19. The molecule has 0 heterocycles. The largest absolute Gasteiger partial charge is 0.493 e. The summed E-state index contributed by atoms with van der Waals surface area (Å²) in [7, 11) is 0. The van der Waals surface area contributed by atoms with Crippen molar-refractivity contribution in [2.45, 2.75) is 90.9 Å². The van der Waals surface area contributed by atoms with E-state index in [2.05, 4.69) is 75.6 Å². The summed E-state index contributed by atoms with van der Waals surface area (Å²) in [6.45, 7) is 13.8. The second kappa shape index (κ2) is 18.5. The van der Waals surface area contributed by atoms with Gasteiger partial charge in [-0.15, -0.1) is 0 Å². The zero-order chi connectivity index (χ0) is 25.8. The third kappa shape index (κ3) is 11.3. The van der Waals surface area contributed by atoms with Gasteiger partial charge in [0.25, 0.3) is 0 Å². The third-order valence-electron chi connectivity index (χ3n) is 6.50. The maximum Gasteiger partial charge on any atom is 0.127 e. The van der Waals surface area contributed by atoms with E-state index >= 15 is 0 Å². The second-order valence-electron chi connectivity index (χ2n) is 9.57. The maximum absolute atomic E-state index is 6.28. The van der Waals surface area contributed by atoms with Crippen LogP contribution in [0.15, 0.2) is 49.6 Å². The molecule has 0 saturated carbocycles. The summed E-state index contributed by atoms with van der Waals surface area (Å²) in [5, 5.41) is 0. The molecule has 0 amide bonds. The van der Waals surface area contributed by atoms with Crippen LogP contribution < -0.4 is 9.47 Å². The van der Waals surface area contributed by atoms with Crippen molar-refractivity contribution in [3.05, 3.63) is 71.8 Å². The van der Waals surface area contributed by atoms with Gasteiger partial charge in [-0.3, -0.25) is 0 Å². The van der Waals surface area contributed by atoms with E-state index in [0.717, 1.165) is 59.8 Å². The average Bonchev–Trinajstić information content (AvgIpc) is 2.91. The lowest BCUT2D eigenvalue weighted by atomic mass is 10.1. The van der Waals surface area contributed by atoms with Gasteiger partial charge in [0.1, 0.15) is 11.5 Å². The number of hydrogen-bond donors (Lipinski definition) is 0. The first-order valence-corrected chi connectivity index (χ1v) is 14.2. The van der Waals surface area contributed by atoms with Gasteiger partial charge in [-0.1, -0.05) is 140 Å². The van der Waals surface area contributed by atoms with E-state index in [9.17, 15) is 0 Å².